The topological polar surface area (TPSA) is 81.7 Å². The Morgan fingerprint density at radius 1 is 1.33 bits per heavy atom. The van der Waals surface area contributed by atoms with Gasteiger partial charge in [-0.2, -0.15) is 0 Å². The molecule has 1 saturated heterocycles. The first kappa shape index (κ1) is 18.9. The van der Waals surface area contributed by atoms with E-state index < -0.39 is 0 Å². The average Bonchev–Trinajstić information content (AvgIpc) is 2.87. The largest absolute Gasteiger partial charge is 0.391 e. The van der Waals surface area contributed by atoms with E-state index in [0.717, 1.165) is 28.7 Å². The number of nitrogens with zero attached hydrogens (tertiary/aromatic N) is 1. The Hall–Kier alpha value is -1.44. The van der Waals surface area contributed by atoms with Crippen LogP contribution in [0.25, 0.3) is 0 Å². The summed E-state index contributed by atoms with van der Waals surface area (Å²) in [6, 6.07) is 5.58. The number of β-amino-alcohol motifs (C(OH)–C–C–N with tert-alkyl or cyclic N) is 1. The van der Waals surface area contributed by atoms with E-state index in [-0.39, 0.29) is 36.9 Å². The van der Waals surface area contributed by atoms with Crippen LogP contribution in [-0.4, -0.2) is 54.1 Å². The van der Waals surface area contributed by atoms with Gasteiger partial charge in [-0.1, -0.05) is 22.9 Å². The molecule has 24 heavy (non-hydrogen) atoms. The lowest BCUT2D eigenvalue weighted by Crippen LogP contribution is -2.40. The maximum Gasteiger partial charge on any atom is 0.243 e. The Kier molecular flexibility index (Phi) is 6.77. The number of hydrogen-bond acceptors (Lipinski definition) is 4. The van der Waals surface area contributed by atoms with Gasteiger partial charge in [-0.3, -0.25) is 14.5 Å². The SMILES string of the molecule is CC[C@@H]1CN(CC(=O)NCC(=O)Nc2ccc(Br)cc2C)C[C@@H]1O. The molecule has 1 aliphatic heterocycles. The Morgan fingerprint density at radius 2 is 2.08 bits per heavy atom. The van der Waals surface area contributed by atoms with Crippen LogP contribution in [0.1, 0.15) is 18.9 Å². The molecule has 0 aromatic heterocycles. The van der Waals surface area contributed by atoms with Crippen molar-refractivity contribution in [2.75, 3.05) is 31.5 Å². The molecule has 2 amide bonds. The van der Waals surface area contributed by atoms with Gasteiger partial charge >= 0.3 is 0 Å². The minimum Gasteiger partial charge on any atom is -0.391 e. The van der Waals surface area contributed by atoms with Crippen LogP contribution in [0.2, 0.25) is 0 Å². The number of hydrogen-bond donors (Lipinski definition) is 3. The number of aliphatic hydroxyl groups is 1. The monoisotopic (exact) mass is 397 g/mol. The second kappa shape index (κ2) is 8.60. The van der Waals surface area contributed by atoms with Crippen LogP contribution in [0, 0.1) is 12.8 Å². The molecule has 0 saturated carbocycles. The van der Waals surface area contributed by atoms with Gasteiger partial charge in [0.2, 0.25) is 11.8 Å². The fraction of sp³-hybridized carbons (Fsp3) is 0.529. The standard InChI is InChI=1S/C17H24BrN3O3/c1-3-12-8-21(9-15(12)22)10-17(24)19-7-16(23)20-14-5-4-13(18)6-11(14)2/h4-6,12,15,22H,3,7-10H2,1-2H3,(H,19,24)(H,20,23)/t12-,15+/m1/s1. The third kappa shape index (κ3) is 5.29. The Balaban J connectivity index is 1.74. The number of nitrogens with one attached hydrogen (secondary N) is 2. The molecule has 6 nitrogen and oxygen atoms in total. The van der Waals surface area contributed by atoms with Gasteiger partial charge in [0.25, 0.3) is 0 Å². The third-order valence-electron chi connectivity index (χ3n) is 4.28. The van der Waals surface area contributed by atoms with Crippen molar-refractivity contribution in [3.8, 4) is 0 Å². The number of carbonyl (C=O) groups is 2. The number of rotatable bonds is 6. The van der Waals surface area contributed by atoms with Crippen LogP contribution in [0.5, 0.6) is 0 Å². The average molecular weight is 398 g/mol. The van der Waals surface area contributed by atoms with Crippen molar-refractivity contribution in [2.45, 2.75) is 26.4 Å². The van der Waals surface area contributed by atoms with Crippen LogP contribution in [-0.2, 0) is 9.59 Å². The normalized spacial score (nSPS) is 20.8. The number of anilines is 1. The van der Waals surface area contributed by atoms with Crippen molar-refractivity contribution in [3.05, 3.63) is 28.2 Å². The van der Waals surface area contributed by atoms with Crippen molar-refractivity contribution < 1.29 is 14.7 Å². The van der Waals surface area contributed by atoms with E-state index in [0.29, 0.717) is 6.54 Å². The summed E-state index contributed by atoms with van der Waals surface area (Å²) >= 11 is 3.38. The number of benzene rings is 1. The van der Waals surface area contributed by atoms with Gasteiger partial charge in [-0.25, -0.2) is 0 Å². The molecule has 0 radical (unpaired) electrons. The van der Waals surface area contributed by atoms with E-state index in [1.165, 1.54) is 0 Å². The molecule has 0 bridgehead atoms. The Morgan fingerprint density at radius 3 is 2.71 bits per heavy atom. The van der Waals surface area contributed by atoms with Gasteiger partial charge in [-0.15, -0.1) is 0 Å². The summed E-state index contributed by atoms with van der Waals surface area (Å²) in [4.78, 5) is 25.8. The third-order valence-corrected chi connectivity index (χ3v) is 4.78. The van der Waals surface area contributed by atoms with Crippen LogP contribution in [0.15, 0.2) is 22.7 Å². The number of likely N-dealkylation sites (tertiary alicyclic amines) is 1. The van der Waals surface area contributed by atoms with Crippen LogP contribution < -0.4 is 10.6 Å². The second-order valence-electron chi connectivity index (χ2n) is 6.21. The fourth-order valence-corrected chi connectivity index (χ4v) is 3.35. The molecule has 0 aliphatic carbocycles. The van der Waals surface area contributed by atoms with Gasteiger partial charge in [0.15, 0.2) is 0 Å². The van der Waals surface area contributed by atoms with Gasteiger partial charge in [0.1, 0.15) is 0 Å². The molecule has 1 aromatic rings. The van der Waals surface area contributed by atoms with Crippen molar-refractivity contribution in [1.29, 1.82) is 0 Å². The van der Waals surface area contributed by atoms with E-state index >= 15 is 0 Å². The smallest absolute Gasteiger partial charge is 0.243 e. The number of halogens is 1. The number of carbonyl (C=O) groups excluding carboxylic acids is 2. The summed E-state index contributed by atoms with van der Waals surface area (Å²) in [7, 11) is 0. The summed E-state index contributed by atoms with van der Waals surface area (Å²) in [5.74, 6) is -0.246. The summed E-state index contributed by atoms with van der Waals surface area (Å²) in [6.45, 7) is 5.30. The van der Waals surface area contributed by atoms with Crippen molar-refractivity contribution in [2.24, 2.45) is 5.92 Å². The molecular weight excluding hydrogens is 374 g/mol. The van der Waals surface area contributed by atoms with Crippen LogP contribution in [0.4, 0.5) is 5.69 Å². The molecule has 1 aliphatic rings. The predicted molar refractivity (Wildman–Crippen MR) is 96.7 cm³/mol. The molecule has 1 aromatic carbocycles. The highest BCUT2D eigenvalue weighted by molar-refractivity contribution is 9.10. The van der Waals surface area contributed by atoms with E-state index in [4.69, 9.17) is 0 Å². The highest BCUT2D eigenvalue weighted by Crippen LogP contribution is 2.20. The maximum atomic E-state index is 12.0. The van der Waals surface area contributed by atoms with Crippen LogP contribution >= 0.6 is 15.9 Å². The Bertz CT molecular complexity index is 609. The number of aryl methyl sites for hydroxylation is 1. The minimum atomic E-state index is -0.369. The maximum absolute atomic E-state index is 12.0. The summed E-state index contributed by atoms with van der Waals surface area (Å²) in [6.07, 6.45) is 0.528. The molecule has 2 rings (SSSR count). The first-order valence-electron chi connectivity index (χ1n) is 8.12. The highest BCUT2D eigenvalue weighted by atomic mass is 79.9. The van der Waals surface area contributed by atoms with Gasteiger partial charge in [-0.05, 0) is 43.0 Å². The van der Waals surface area contributed by atoms with Crippen molar-refractivity contribution in [1.82, 2.24) is 10.2 Å². The lowest BCUT2D eigenvalue weighted by molar-refractivity contribution is -0.124. The van der Waals surface area contributed by atoms with E-state index in [2.05, 4.69) is 26.6 Å². The van der Waals surface area contributed by atoms with Crippen LogP contribution in [0.3, 0.4) is 0 Å². The van der Waals surface area contributed by atoms with E-state index in [9.17, 15) is 14.7 Å². The first-order chi connectivity index (χ1) is 11.4. The predicted octanol–water partition coefficient (Wildman–Crippen LogP) is 1.51. The molecule has 1 heterocycles. The second-order valence-corrected chi connectivity index (χ2v) is 7.13. The van der Waals surface area contributed by atoms with Gasteiger partial charge in [0.05, 0.1) is 19.2 Å². The summed E-state index contributed by atoms with van der Waals surface area (Å²) in [5.41, 5.74) is 1.67. The minimum absolute atomic E-state index is 0.0675. The zero-order valence-corrected chi connectivity index (χ0v) is 15.6. The zero-order valence-electron chi connectivity index (χ0n) is 14.0. The summed E-state index contributed by atoms with van der Waals surface area (Å²) in [5, 5.41) is 15.3. The summed E-state index contributed by atoms with van der Waals surface area (Å²) < 4.78 is 0.949. The molecular formula is C17H24BrN3O3. The van der Waals surface area contributed by atoms with E-state index in [1.54, 1.807) is 0 Å². The van der Waals surface area contributed by atoms with Crippen molar-refractivity contribution in [3.63, 3.8) is 0 Å². The molecule has 2 atom stereocenters. The lowest BCUT2D eigenvalue weighted by atomic mass is 10.0. The first-order valence-corrected chi connectivity index (χ1v) is 8.91. The number of amides is 2. The molecule has 0 spiro atoms. The van der Waals surface area contributed by atoms with E-state index in [1.807, 2.05) is 36.9 Å². The lowest BCUT2D eigenvalue weighted by Gasteiger charge is -2.15. The highest BCUT2D eigenvalue weighted by Gasteiger charge is 2.30. The molecule has 0 unspecified atom stereocenters. The molecule has 132 valence electrons. The number of aliphatic hydroxyl groups excluding tert-OH is 1. The zero-order chi connectivity index (χ0) is 17.7. The van der Waals surface area contributed by atoms with Crippen molar-refractivity contribution >= 4 is 33.4 Å². The van der Waals surface area contributed by atoms with Gasteiger partial charge in [0, 0.05) is 23.2 Å². The molecule has 1 fully saturated rings. The Labute approximate surface area is 150 Å². The molecule has 3 N–H and O–H groups in total. The van der Waals surface area contributed by atoms with Gasteiger partial charge < -0.3 is 15.7 Å². The molecule has 7 heteroatoms. The quantitative estimate of drug-likeness (QED) is 0.679. The fourth-order valence-electron chi connectivity index (χ4n) is 2.87.